The molecule has 0 aliphatic carbocycles. The number of pyridine rings is 1. The first-order valence-electron chi connectivity index (χ1n) is 12.0. The Hall–Kier alpha value is -4.65. The number of fused-ring (bicyclic) bond motifs is 1. The number of benzene rings is 3. The molecule has 2 amide bonds. The Morgan fingerprint density at radius 2 is 1.57 bits per heavy atom. The van der Waals surface area contributed by atoms with Gasteiger partial charge in [0.1, 0.15) is 11.5 Å². The Bertz CT molecular complexity index is 1390. The fourth-order valence-corrected chi connectivity index (χ4v) is 4.78. The minimum Gasteiger partial charge on any atom is -0.497 e. The second-order valence-electron chi connectivity index (χ2n) is 8.74. The van der Waals surface area contributed by atoms with E-state index in [1.54, 1.807) is 37.6 Å². The molecule has 1 aromatic heterocycles. The monoisotopic (exact) mass is 493 g/mol. The summed E-state index contributed by atoms with van der Waals surface area (Å²) in [4.78, 5) is 33.8. The molecular formula is C30H27N3O4. The molecule has 0 bridgehead atoms. The molecule has 186 valence electrons. The number of hydrogen-bond donors (Lipinski definition) is 1. The lowest BCUT2D eigenvalue weighted by Gasteiger charge is -2.41. The quantitative estimate of drug-likeness (QED) is 0.396. The Labute approximate surface area is 215 Å². The molecule has 1 N–H and O–H groups in total. The highest BCUT2D eigenvalue weighted by molar-refractivity contribution is 6.11. The van der Waals surface area contributed by atoms with Gasteiger partial charge in [0, 0.05) is 30.2 Å². The van der Waals surface area contributed by atoms with Crippen molar-refractivity contribution in [2.75, 3.05) is 19.1 Å². The molecule has 0 spiro atoms. The maximum atomic E-state index is 13.9. The van der Waals surface area contributed by atoms with Crippen LogP contribution in [0.3, 0.4) is 0 Å². The standard InChI is InChI=1S/C30H27N3O4/c1-36-23-13-9-20(10-14-23)18-32-29(34)27-25-7-3-4-8-26(25)30(35)33(22-11-15-24(37-2)16-12-22)28(27)21-6-5-17-31-19-21/h3-17,19,27-28H,18H2,1-2H3,(H,32,34)/t27-,28-/m1/s1. The number of hydrogen-bond acceptors (Lipinski definition) is 5. The second kappa shape index (κ2) is 10.5. The average molecular weight is 494 g/mol. The van der Waals surface area contributed by atoms with Gasteiger partial charge in [-0.2, -0.15) is 0 Å². The summed E-state index contributed by atoms with van der Waals surface area (Å²) in [6, 6.07) is 25.3. The van der Waals surface area contributed by atoms with Gasteiger partial charge in [-0.3, -0.25) is 19.5 Å². The summed E-state index contributed by atoms with van der Waals surface area (Å²) in [7, 11) is 3.21. The molecule has 0 saturated carbocycles. The summed E-state index contributed by atoms with van der Waals surface area (Å²) < 4.78 is 10.5. The molecular weight excluding hydrogens is 466 g/mol. The second-order valence-corrected chi connectivity index (χ2v) is 8.74. The summed E-state index contributed by atoms with van der Waals surface area (Å²) in [5, 5.41) is 3.09. The van der Waals surface area contributed by atoms with E-state index in [-0.39, 0.29) is 11.8 Å². The maximum absolute atomic E-state index is 13.9. The molecule has 5 rings (SSSR count). The molecule has 2 atom stereocenters. The first-order valence-corrected chi connectivity index (χ1v) is 12.0. The summed E-state index contributed by atoms with van der Waals surface area (Å²) in [6.07, 6.45) is 3.39. The molecule has 0 saturated heterocycles. The van der Waals surface area contributed by atoms with Crippen molar-refractivity contribution in [3.63, 3.8) is 0 Å². The van der Waals surface area contributed by atoms with Gasteiger partial charge in [-0.1, -0.05) is 36.4 Å². The van der Waals surface area contributed by atoms with Gasteiger partial charge in [-0.05, 0) is 65.2 Å². The van der Waals surface area contributed by atoms with Crippen LogP contribution in [0.4, 0.5) is 5.69 Å². The number of anilines is 1. The summed E-state index contributed by atoms with van der Waals surface area (Å²) in [5.41, 5.74) is 3.58. The first kappa shape index (κ1) is 24.1. The van der Waals surface area contributed by atoms with Gasteiger partial charge in [0.2, 0.25) is 5.91 Å². The van der Waals surface area contributed by atoms with Crippen molar-refractivity contribution < 1.29 is 19.1 Å². The van der Waals surface area contributed by atoms with E-state index in [0.29, 0.717) is 29.1 Å². The van der Waals surface area contributed by atoms with Gasteiger partial charge in [0.05, 0.1) is 26.2 Å². The van der Waals surface area contributed by atoms with Crippen LogP contribution in [0.15, 0.2) is 97.3 Å². The fraction of sp³-hybridized carbons (Fsp3) is 0.167. The topological polar surface area (TPSA) is 80.8 Å². The Kier molecular flexibility index (Phi) is 6.85. The number of nitrogens with one attached hydrogen (secondary N) is 1. The molecule has 7 heteroatoms. The number of nitrogens with zero attached hydrogens (tertiary/aromatic N) is 2. The van der Waals surface area contributed by atoms with Crippen LogP contribution in [-0.4, -0.2) is 31.0 Å². The molecule has 7 nitrogen and oxygen atoms in total. The van der Waals surface area contributed by atoms with E-state index < -0.39 is 12.0 Å². The first-order chi connectivity index (χ1) is 18.1. The number of ether oxygens (including phenoxy) is 2. The van der Waals surface area contributed by atoms with E-state index in [0.717, 1.165) is 16.9 Å². The third-order valence-electron chi connectivity index (χ3n) is 6.62. The van der Waals surface area contributed by atoms with Crippen LogP contribution < -0.4 is 19.7 Å². The molecule has 3 aromatic carbocycles. The van der Waals surface area contributed by atoms with E-state index in [4.69, 9.17) is 9.47 Å². The van der Waals surface area contributed by atoms with Gasteiger partial charge < -0.3 is 14.8 Å². The SMILES string of the molecule is COc1ccc(CNC(=O)[C@@H]2c3ccccc3C(=O)N(c3ccc(OC)cc3)[C@@H]2c2cccnc2)cc1. The third-order valence-corrected chi connectivity index (χ3v) is 6.62. The van der Waals surface area contributed by atoms with E-state index in [2.05, 4.69) is 10.3 Å². The summed E-state index contributed by atoms with van der Waals surface area (Å²) in [6.45, 7) is 0.345. The Balaban J connectivity index is 1.57. The highest BCUT2D eigenvalue weighted by Gasteiger charge is 2.44. The van der Waals surface area contributed by atoms with Crippen LogP contribution >= 0.6 is 0 Å². The van der Waals surface area contributed by atoms with Crippen molar-refractivity contribution >= 4 is 17.5 Å². The van der Waals surface area contributed by atoms with E-state index in [1.165, 1.54) is 0 Å². The predicted molar refractivity (Wildman–Crippen MR) is 141 cm³/mol. The maximum Gasteiger partial charge on any atom is 0.259 e. The zero-order valence-electron chi connectivity index (χ0n) is 20.6. The van der Waals surface area contributed by atoms with Crippen molar-refractivity contribution in [2.45, 2.75) is 18.5 Å². The molecule has 37 heavy (non-hydrogen) atoms. The zero-order chi connectivity index (χ0) is 25.8. The predicted octanol–water partition coefficient (Wildman–Crippen LogP) is 4.90. The normalized spacial score (nSPS) is 16.6. The van der Waals surface area contributed by atoms with E-state index in [9.17, 15) is 9.59 Å². The van der Waals surface area contributed by atoms with Crippen LogP contribution in [0.25, 0.3) is 0 Å². The number of methoxy groups -OCH3 is 2. The number of aromatic nitrogens is 1. The minimum atomic E-state index is -0.654. The Morgan fingerprint density at radius 3 is 2.22 bits per heavy atom. The van der Waals surface area contributed by atoms with Crippen LogP contribution in [0.1, 0.15) is 39.0 Å². The van der Waals surface area contributed by atoms with Gasteiger partial charge in [-0.15, -0.1) is 0 Å². The molecule has 2 heterocycles. The smallest absolute Gasteiger partial charge is 0.259 e. The average Bonchev–Trinajstić information content (AvgIpc) is 2.96. The number of amides is 2. The van der Waals surface area contributed by atoms with Gasteiger partial charge in [0.25, 0.3) is 5.91 Å². The number of rotatable bonds is 7. The third kappa shape index (κ3) is 4.76. The van der Waals surface area contributed by atoms with Crippen LogP contribution in [-0.2, 0) is 11.3 Å². The molecule has 4 aromatic rings. The van der Waals surface area contributed by atoms with Crippen LogP contribution in [0, 0.1) is 0 Å². The fourth-order valence-electron chi connectivity index (χ4n) is 4.78. The van der Waals surface area contributed by atoms with Crippen molar-refractivity contribution in [3.05, 3.63) is 120 Å². The van der Waals surface area contributed by atoms with E-state index >= 15 is 0 Å². The van der Waals surface area contributed by atoms with Gasteiger partial charge in [-0.25, -0.2) is 0 Å². The number of carbonyl (C=O) groups excluding carboxylic acids is 2. The largest absolute Gasteiger partial charge is 0.497 e. The lowest BCUT2D eigenvalue weighted by molar-refractivity contribution is -0.123. The zero-order valence-corrected chi connectivity index (χ0v) is 20.6. The summed E-state index contributed by atoms with van der Waals surface area (Å²) >= 11 is 0. The molecule has 1 aliphatic heterocycles. The lowest BCUT2D eigenvalue weighted by Crippen LogP contribution is -2.47. The van der Waals surface area contributed by atoms with Crippen LogP contribution in [0.5, 0.6) is 11.5 Å². The van der Waals surface area contributed by atoms with Crippen molar-refractivity contribution in [2.24, 2.45) is 0 Å². The van der Waals surface area contributed by atoms with Crippen molar-refractivity contribution in [1.82, 2.24) is 10.3 Å². The van der Waals surface area contributed by atoms with Crippen molar-refractivity contribution in [1.29, 1.82) is 0 Å². The summed E-state index contributed by atoms with van der Waals surface area (Å²) in [5.74, 6) is 0.428. The van der Waals surface area contributed by atoms with Crippen molar-refractivity contribution in [3.8, 4) is 11.5 Å². The molecule has 0 radical (unpaired) electrons. The number of carbonyl (C=O) groups is 2. The molecule has 1 aliphatic rings. The van der Waals surface area contributed by atoms with Gasteiger partial charge >= 0.3 is 0 Å². The molecule has 0 fully saturated rings. The minimum absolute atomic E-state index is 0.172. The highest BCUT2D eigenvalue weighted by Crippen LogP contribution is 2.45. The Morgan fingerprint density at radius 1 is 0.892 bits per heavy atom. The van der Waals surface area contributed by atoms with Crippen LogP contribution in [0.2, 0.25) is 0 Å². The van der Waals surface area contributed by atoms with E-state index in [1.807, 2.05) is 78.9 Å². The lowest BCUT2D eigenvalue weighted by atomic mass is 9.79. The highest BCUT2D eigenvalue weighted by atomic mass is 16.5. The molecule has 0 unspecified atom stereocenters. The van der Waals surface area contributed by atoms with Gasteiger partial charge in [0.15, 0.2) is 0 Å².